The molecule has 1 heterocycles. The fourth-order valence-electron chi connectivity index (χ4n) is 2.80. The molecule has 0 aliphatic heterocycles. The summed E-state index contributed by atoms with van der Waals surface area (Å²) in [5, 5.41) is 2.89. The Labute approximate surface area is 152 Å². The molecule has 2 aromatic carbocycles. The average Bonchev–Trinajstić information content (AvgIpc) is 3.03. The Morgan fingerprint density at radius 3 is 2.58 bits per heavy atom. The zero-order valence-corrected chi connectivity index (χ0v) is 15.1. The first-order valence-electron chi connectivity index (χ1n) is 8.69. The lowest BCUT2D eigenvalue weighted by molar-refractivity contribution is -0.121. The normalized spacial score (nSPS) is 10.7. The van der Waals surface area contributed by atoms with E-state index in [0.717, 1.165) is 34.8 Å². The summed E-state index contributed by atoms with van der Waals surface area (Å²) in [7, 11) is 1.62. The number of amides is 1. The number of nitrogens with zero attached hydrogens (tertiary/aromatic N) is 2. The molecule has 0 radical (unpaired) electrons. The highest BCUT2D eigenvalue weighted by atomic mass is 16.5. The molecule has 6 heteroatoms. The molecule has 6 nitrogen and oxygen atoms in total. The summed E-state index contributed by atoms with van der Waals surface area (Å²) < 4.78 is 12.7. The van der Waals surface area contributed by atoms with E-state index in [1.807, 2.05) is 60.0 Å². The molecule has 0 aliphatic carbocycles. The molecule has 0 fully saturated rings. The zero-order chi connectivity index (χ0) is 18.4. The maximum atomic E-state index is 12.3. The predicted octanol–water partition coefficient (Wildman–Crippen LogP) is 2.80. The summed E-state index contributed by atoms with van der Waals surface area (Å²) in [5.41, 5.74) is 1.90. The number of hydrogen-bond donors (Lipinski definition) is 1. The number of carbonyl (C=O) groups excluding carboxylic acids is 1. The van der Waals surface area contributed by atoms with Crippen LogP contribution in [0.4, 0.5) is 0 Å². The Balaban J connectivity index is 1.51. The van der Waals surface area contributed by atoms with E-state index in [1.54, 1.807) is 7.11 Å². The highest BCUT2D eigenvalue weighted by Gasteiger charge is 2.11. The van der Waals surface area contributed by atoms with Crippen molar-refractivity contribution in [2.24, 2.45) is 0 Å². The number of carbonyl (C=O) groups is 1. The second-order valence-corrected chi connectivity index (χ2v) is 5.83. The van der Waals surface area contributed by atoms with Crippen LogP contribution in [0, 0.1) is 0 Å². The van der Waals surface area contributed by atoms with Gasteiger partial charge < -0.3 is 19.4 Å². The van der Waals surface area contributed by atoms with Gasteiger partial charge in [0.2, 0.25) is 5.91 Å². The average molecular weight is 353 g/mol. The predicted molar refractivity (Wildman–Crippen MR) is 101 cm³/mol. The number of benzene rings is 2. The molecule has 1 N–H and O–H groups in total. The molecule has 0 unspecified atom stereocenters. The van der Waals surface area contributed by atoms with Crippen LogP contribution in [0.25, 0.3) is 11.0 Å². The molecule has 0 saturated carbocycles. The third-order valence-corrected chi connectivity index (χ3v) is 4.10. The number of hydrogen-bond acceptors (Lipinski definition) is 4. The second kappa shape index (κ2) is 8.38. The van der Waals surface area contributed by atoms with Crippen LogP contribution in [-0.2, 0) is 17.8 Å². The summed E-state index contributed by atoms with van der Waals surface area (Å²) in [5.74, 6) is 2.39. The van der Waals surface area contributed by atoms with Gasteiger partial charge in [0.25, 0.3) is 0 Å². The van der Waals surface area contributed by atoms with Crippen molar-refractivity contribution in [3.05, 3.63) is 54.4 Å². The topological polar surface area (TPSA) is 65.4 Å². The van der Waals surface area contributed by atoms with E-state index in [0.29, 0.717) is 13.2 Å². The highest BCUT2D eigenvalue weighted by molar-refractivity contribution is 5.81. The van der Waals surface area contributed by atoms with Gasteiger partial charge in [-0.2, -0.15) is 0 Å². The zero-order valence-electron chi connectivity index (χ0n) is 15.1. The Hall–Kier alpha value is -3.02. The number of aryl methyl sites for hydroxylation is 1. The van der Waals surface area contributed by atoms with Gasteiger partial charge in [0, 0.05) is 6.42 Å². The molecule has 1 aromatic heterocycles. The first-order chi connectivity index (χ1) is 12.7. The first-order valence-corrected chi connectivity index (χ1v) is 8.69. The summed E-state index contributed by atoms with van der Waals surface area (Å²) in [6.45, 7) is 3.15. The van der Waals surface area contributed by atoms with E-state index in [4.69, 9.17) is 9.47 Å². The van der Waals surface area contributed by atoms with Gasteiger partial charge >= 0.3 is 0 Å². The monoisotopic (exact) mass is 353 g/mol. The minimum atomic E-state index is -0.0545. The van der Waals surface area contributed by atoms with Crippen LogP contribution >= 0.6 is 0 Å². The molecule has 136 valence electrons. The van der Waals surface area contributed by atoms with Crippen molar-refractivity contribution in [3.8, 4) is 11.5 Å². The summed E-state index contributed by atoms with van der Waals surface area (Å²) >= 11 is 0. The molecule has 3 aromatic rings. The Morgan fingerprint density at radius 1 is 1.12 bits per heavy atom. The van der Waals surface area contributed by atoms with Crippen molar-refractivity contribution in [1.82, 2.24) is 14.9 Å². The van der Waals surface area contributed by atoms with Crippen molar-refractivity contribution in [1.29, 1.82) is 0 Å². The van der Waals surface area contributed by atoms with E-state index >= 15 is 0 Å². The van der Waals surface area contributed by atoms with E-state index in [1.165, 1.54) is 0 Å². The highest BCUT2D eigenvalue weighted by Crippen LogP contribution is 2.17. The Kier molecular flexibility index (Phi) is 5.73. The number of rotatable bonds is 8. The van der Waals surface area contributed by atoms with Gasteiger partial charge in [-0.3, -0.25) is 4.79 Å². The number of methoxy groups -OCH3 is 1. The minimum absolute atomic E-state index is 0.0545. The lowest BCUT2D eigenvalue weighted by atomic mass is 10.3. The summed E-state index contributed by atoms with van der Waals surface area (Å²) in [6.07, 6.45) is 0.780. The molecule has 3 rings (SSSR count). The van der Waals surface area contributed by atoms with Crippen LogP contribution in [0.5, 0.6) is 11.5 Å². The molecular formula is C20H23N3O3. The number of nitrogens with one attached hydrogen (secondary N) is 1. The molecule has 0 saturated heterocycles. The lowest BCUT2D eigenvalue weighted by Crippen LogP contribution is -2.31. The first kappa shape index (κ1) is 17.8. The van der Waals surface area contributed by atoms with Crippen molar-refractivity contribution in [3.63, 3.8) is 0 Å². The van der Waals surface area contributed by atoms with Gasteiger partial charge in [0.1, 0.15) is 30.5 Å². The van der Waals surface area contributed by atoms with E-state index < -0.39 is 0 Å². The van der Waals surface area contributed by atoms with E-state index in [2.05, 4.69) is 10.3 Å². The van der Waals surface area contributed by atoms with Crippen LogP contribution < -0.4 is 14.8 Å². The standard InChI is InChI=1S/C20H23N3O3/c1-3-19-22-17-6-4-5-7-18(17)23(19)14-20(24)21-12-13-26-16-10-8-15(25-2)9-11-16/h4-11H,3,12-14H2,1-2H3,(H,21,24). The van der Waals surface area contributed by atoms with Gasteiger partial charge in [-0.15, -0.1) is 0 Å². The fraction of sp³-hybridized carbons (Fsp3) is 0.300. The molecule has 1 amide bonds. The number of ether oxygens (including phenoxy) is 2. The van der Waals surface area contributed by atoms with Gasteiger partial charge in [-0.25, -0.2) is 4.98 Å². The fourth-order valence-corrected chi connectivity index (χ4v) is 2.80. The van der Waals surface area contributed by atoms with Gasteiger partial charge in [0.15, 0.2) is 0 Å². The van der Waals surface area contributed by atoms with E-state index in [-0.39, 0.29) is 12.5 Å². The molecule has 0 aliphatic rings. The van der Waals surface area contributed by atoms with Gasteiger partial charge in [0.05, 0.1) is 24.7 Å². The molecule has 0 bridgehead atoms. The summed E-state index contributed by atoms with van der Waals surface area (Å²) in [6, 6.07) is 15.2. The third-order valence-electron chi connectivity index (χ3n) is 4.10. The number of para-hydroxylation sites is 2. The Morgan fingerprint density at radius 2 is 1.85 bits per heavy atom. The van der Waals surface area contributed by atoms with Crippen molar-refractivity contribution in [2.75, 3.05) is 20.3 Å². The molecular weight excluding hydrogens is 330 g/mol. The number of fused-ring (bicyclic) bond motifs is 1. The molecule has 0 spiro atoms. The van der Waals surface area contributed by atoms with Crippen LogP contribution in [0.1, 0.15) is 12.7 Å². The minimum Gasteiger partial charge on any atom is -0.497 e. The van der Waals surface area contributed by atoms with Crippen molar-refractivity contribution < 1.29 is 14.3 Å². The largest absolute Gasteiger partial charge is 0.497 e. The number of aromatic nitrogens is 2. The van der Waals surface area contributed by atoms with Gasteiger partial charge in [-0.1, -0.05) is 19.1 Å². The smallest absolute Gasteiger partial charge is 0.240 e. The Bertz CT molecular complexity index is 872. The van der Waals surface area contributed by atoms with E-state index in [9.17, 15) is 4.79 Å². The van der Waals surface area contributed by atoms with Crippen LogP contribution in [0.3, 0.4) is 0 Å². The quantitative estimate of drug-likeness (QED) is 0.633. The molecule has 26 heavy (non-hydrogen) atoms. The van der Waals surface area contributed by atoms with Crippen LogP contribution in [0.15, 0.2) is 48.5 Å². The van der Waals surface area contributed by atoms with Crippen LogP contribution in [0.2, 0.25) is 0 Å². The number of imidazole rings is 1. The molecule has 0 atom stereocenters. The summed E-state index contributed by atoms with van der Waals surface area (Å²) in [4.78, 5) is 16.9. The lowest BCUT2D eigenvalue weighted by Gasteiger charge is -2.10. The maximum Gasteiger partial charge on any atom is 0.240 e. The van der Waals surface area contributed by atoms with Gasteiger partial charge in [-0.05, 0) is 36.4 Å². The van der Waals surface area contributed by atoms with Crippen molar-refractivity contribution in [2.45, 2.75) is 19.9 Å². The maximum absolute atomic E-state index is 12.3. The van der Waals surface area contributed by atoms with Crippen LogP contribution in [-0.4, -0.2) is 35.7 Å². The second-order valence-electron chi connectivity index (χ2n) is 5.83. The SMILES string of the molecule is CCc1nc2ccccc2n1CC(=O)NCCOc1ccc(OC)cc1. The van der Waals surface area contributed by atoms with Crippen molar-refractivity contribution >= 4 is 16.9 Å². The third kappa shape index (κ3) is 4.14.